The largest absolute Gasteiger partial charge is 0.497 e. The van der Waals surface area contributed by atoms with Crippen molar-refractivity contribution >= 4 is 0 Å². The Balaban J connectivity index is 1.72. The molecule has 1 aliphatic heterocycles. The maximum absolute atomic E-state index is 9.87. The van der Waals surface area contributed by atoms with Gasteiger partial charge in [-0.25, -0.2) is 0 Å². The summed E-state index contributed by atoms with van der Waals surface area (Å²) in [5.41, 5.74) is 0. The molecule has 2 atom stereocenters. The number of hydrogen-bond donors (Lipinski definition) is 1. The zero-order valence-corrected chi connectivity index (χ0v) is 12.4. The molecular weight excluding hydrogens is 254 g/mol. The minimum atomic E-state index is -0.126. The standard InChI is InChI=1S/C16H25NO3/c1-3-13-12-17(9-8-16(13)18)10-11-20-15-6-4-14(19-2)5-7-15/h4-7,13,16,18H,3,8-12H2,1-2H3. The van der Waals surface area contributed by atoms with Crippen LogP contribution in [0.1, 0.15) is 19.8 Å². The Kier molecular flexibility index (Phi) is 5.68. The quantitative estimate of drug-likeness (QED) is 0.866. The molecule has 0 amide bonds. The van der Waals surface area contributed by atoms with E-state index in [-0.39, 0.29) is 6.10 Å². The smallest absolute Gasteiger partial charge is 0.119 e. The predicted octanol–water partition coefficient (Wildman–Crippen LogP) is 2.17. The highest BCUT2D eigenvalue weighted by atomic mass is 16.5. The van der Waals surface area contributed by atoms with Crippen LogP contribution in [0.25, 0.3) is 0 Å². The lowest BCUT2D eigenvalue weighted by molar-refractivity contribution is 0.0209. The van der Waals surface area contributed by atoms with E-state index in [2.05, 4.69) is 11.8 Å². The van der Waals surface area contributed by atoms with Crippen LogP contribution in [-0.2, 0) is 0 Å². The zero-order valence-electron chi connectivity index (χ0n) is 12.4. The van der Waals surface area contributed by atoms with Crippen molar-refractivity contribution in [2.24, 2.45) is 5.92 Å². The van der Waals surface area contributed by atoms with Crippen molar-refractivity contribution in [3.8, 4) is 11.5 Å². The molecule has 4 heteroatoms. The minimum absolute atomic E-state index is 0.126. The van der Waals surface area contributed by atoms with Gasteiger partial charge < -0.3 is 14.6 Å². The van der Waals surface area contributed by atoms with Crippen LogP contribution in [0.3, 0.4) is 0 Å². The molecule has 1 heterocycles. The third-order valence-corrected chi connectivity index (χ3v) is 4.04. The van der Waals surface area contributed by atoms with E-state index in [9.17, 15) is 5.11 Å². The molecule has 1 N–H and O–H groups in total. The van der Waals surface area contributed by atoms with Gasteiger partial charge in [0.1, 0.15) is 18.1 Å². The second kappa shape index (κ2) is 7.50. The maximum Gasteiger partial charge on any atom is 0.119 e. The number of rotatable bonds is 6. The van der Waals surface area contributed by atoms with Crippen LogP contribution in [0.5, 0.6) is 11.5 Å². The first-order valence-corrected chi connectivity index (χ1v) is 7.40. The van der Waals surface area contributed by atoms with E-state index in [1.807, 2.05) is 24.3 Å². The first-order valence-electron chi connectivity index (χ1n) is 7.40. The van der Waals surface area contributed by atoms with Gasteiger partial charge in [0.05, 0.1) is 13.2 Å². The van der Waals surface area contributed by atoms with E-state index in [1.54, 1.807) is 7.11 Å². The lowest BCUT2D eigenvalue weighted by atomic mass is 9.92. The van der Waals surface area contributed by atoms with E-state index >= 15 is 0 Å². The number of ether oxygens (including phenoxy) is 2. The van der Waals surface area contributed by atoms with Gasteiger partial charge in [0.2, 0.25) is 0 Å². The lowest BCUT2D eigenvalue weighted by Gasteiger charge is -2.35. The Morgan fingerprint density at radius 2 is 1.95 bits per heavy atom. The van der Waals surface area contributed by atoms with Gasteiger partial charge in [-0.15, -0.1) is 0 Å². The molecule has 1 aliphatic rings. The van der Waals surface area contributed by atoms with Crippen molar-refractivity contribution in [2.75, 3.05) is 33.4 Å². The third-order valence-electron chi connectivity index (χ3n) is 4.04. The Morgan fingerprint density at radius 1 is 1.25 bits per heavy atom. The number of aliphatic hydroxyl groups is 1. The highest BCUT2D eigenvalue weighted by molar-refractivity contribution is 5.31. The van der Waals surface area contributed by atoms with Crippen molar-refractivity contribution in [3.05, 3.63) is 24.3 Å². The van der Waals surface area contributed by atoms with Gasteiger partial charge >= 0.3 is 0 Å². The monoisotopic (exact) mass is 279 g/mol. The molecule has 1 fully saturated rings. The Bertz CT molecular complexity index is 393. The SMILES string of the molecule is CCC1CN(CCOc2ccc(OC)cc2)CCC1O. The predicted molar refractivity (Wildman–Crippen MR) is 79.3 cm³/mol. The molecule has 0 bridgehead atoms. The molecule has 1 saturated heterocycles. The van der Waals surface area contributed by atoms with E-state index in [0.29, 0.717) is 12.5 Å². The van der Waals surface area contributed by atoms with Gasteiger partial charge in [-0.2, -0.15) is 0 Å². The molecule has 2 unspecified atom stereocenters. The molecule has 1 aromatic carbocycles. The highest BCUT2D eigenvalue weighted by Crippen LogP contribution is 2.20. The van der Waals surface area contributed by atoms with E-state index in [0.717, 1.165) is 44.0 Å². The molecular formula is C16H25NO3. The van der Waals surface area contributed by atoms with Crippen LogP contribution in [-0.4, -0.2) is 49.5 Å². The molecule has 0 saturated carbocycles. The summed E-state index contributed by atoms with van der Waals surface area (Å²) >= 11 is 0. The van der Waals surface area contributed by atoms with Crippen LogP contribution >= 0.6 is 0 Å². The summed E-state index contributed by atoms with van der Waals surface area (Å²) in [6.45, 7) is 5.67. The van der Waals surface area contributed by atoms with Crippen LogP contribution in [0, 0.1) is 5.92 Å². The molecule has 112 valence electrons. The van der Waals surface area contributed by atoms with Crippen molar-refractivity contribution in [1.82, 2.24) is 4.90 Å². The Morgan fingerprint density at radius 3 is 2.60 bits per heavy atom. The van der Waals surface area contributed by atoms with Crippen molar-refractivity contribution in [3.63, 3.8) is 0 Å². The summed E-state index contributed by atoms with van der Waals surface area (Å²) in [5.74, 6) is 2.12. The fourth-order valence-electron chi connectivity index (χ4n) is 2.66. The Labute approximate surface area is 121 Å². The van der Waals surface area contributed by atoms with Gasteiger partial charge in [0, 0.05) is 19.6 Å². The summed E-state index contributed by atoms with van der Waals surface area (Å²) in [7, 11) is 1.66. The lowest BCUT2D eigenvalue weighted by Crippen LogP contribution is -2.44. The summed E-state index contributed by atoms with van der Waals surface area (Å²) in [4.78, 5) is 2.38. The average molecular weight is 279 g/mol. The molecule has 1 aromatic rings. The molecule has 0 aliphatic carbocycles. The van der Waals surface area contributed by atoms with Gasteiger partial charge in [-0.05, 0) is 43.0 Å². The van der Waals surface area contributed by atoms with Gasteiger partial charge in [-0.1, -0.05) is 6.92 Å². The van der Waals surface area contributed by atoms with Crippen LogP contribution < -0.4 is 9.47 Å². The summed E-state index contributed by atoms with van der Waals surface area (Å²) in [5, 5.41) is 9.87. The van der Waals surface area contributed by atoms with Gasteiger partial charge in [-0.3, -0.25) is 4.90 Å². The number of likely N-dealkylation sites (tertiary alicyclic amines) is 1. The normalized spacial score (nSPS) is 23.6. The maximum atomic E-state index is 9.87. The number of piperidine rings is 1. The molecule has 4 nitrogen and oxygen atoms in total. The molecule has 0 radical (unpaired) electrons. The first-order chi connectivity index (χ1) is 9.72. The van der Waals surface area contributed by atoms with Crippen molar-refractivity contribution in [2.45, 2.75) is 25.9 Å². The van der Waals surface area contributed by atoms with Gasteiger partial charge in [0.15, 0.2) is 0 Å². The minimum Gasteiger partial charge on any atom is -0.497 e. The fourth-order valence-corrected chi connectivity index (χ4v) is 2.66. The number of hydrogen-bond acceptors (Lipinski definition) is 4. The second-order valence-corrected chi connectivity index (χ2v) is 5.35. The van der Waals surface area contributed by atoms with Crippen molar-refractivity contribution in [1.29, 1.82) is 0 Å². The highest BCUT2D eigenvalue weighted by Gasteiger charge is 2.25. The Hall–Kier alpha value is -1.26. The molecule has 0 aromatic heterocycles. The van der Waals surface area contributed by atoms with Gasteiger partial charge in [0.25, 0.3) is 0 Å². The summed E-state index contributed by atoms with van der Waals surface area (Å²) in [6, 6.07) is 7.65. The zero-order chi connectivity index (χ0) is 14.4. The first kappa shape index (κ1) is 15.1. The number of nitrogens with zero attached hydrogens (tertiary/aromatic N) is 1. The summed E-state index contributed by atoms with van der Waals surface area (Å²) < 4.78 is 10.9. The second-order valence-electron chi connectivity index (χ2n) is 5.35. The topological polar surface area (TPSA) is 41.9 Å². The average Bonchev–Trinajstić information content (AvgIpc) is 2.49. The van der Waals surface area contributed by atoms with Crippen LogP contribution in [0.15, 0.2) is 24.3 Å². The number of benzene rings is 1. The van der Waals surface area contributed by atoms with E-state index in [1.165, 1.54) is 0 Å². The van der Waals surface area contributed by atoms with E-state index in [4.69, 9.17) is 9.47 Å². The van der Waals surface area contributed by atoms with Crippen molar-refractivity contribution < 1.29 is 14.6 Å². The number of aliphatic hydroxyl groups excluding tert-OH is 1. The third kappa shape index (κ3) is 4.12. The summed E-state index contributed by atoms with van der Waals surface area (Å²) in [6.07, 6.45) is 1.79. The van der Waals surface area contributed by atoms with E-state index < -0.39 is 0 Å². The molecule has 2 rings (SSSR count). The van der Waals surface area contributed by atoms with Crippen LogP contribution in [0.4, 0.5) is 0 Å². The number of methoxy groups -OCH3 is 1. The molecule has 0 spiro atoms. The molecule has 20 heavy (non-hydrogen) atoms. The van der Waals surface area contributed by atoms with Crippen LogP contribution in [0.2, 0.25) is 0 Å². The fraction of sp³-hybridized carbons (Fsp3) is 0.625.